The van der Waals surface area contributed by atoms with Gasteiger partial charge in [0.15, 0.2) is 6.10 Å². The van der Waals surface area contributed by atoms with Crippen molar-refractivity contribution in [2.75, 3.05) is 7.11 Å². The van der Waals surface area contributed by atoms with Crippen LogP contribution in [0.4, 0.5) is 0 Å². The van der Waals surface area contributed by atoms with E-state index in [4.69, 9.17) is 14.0 Å². The summed E-state index contributed by atoms with van der Waals surface area (Å²) in [6.07, 6.45) is -0.0551. The maximum Gasteiger partial charge on any atom is 0.261 e. The van der Waals surface area contributed by atoms with Gasteiger partial charge in [-0.05, 0) is 56.2 Å². The third-order valence-corrected chi connectivity index (χ3v) is 4.49. The Morgan fingerprint density at radius 3 is 2.59 bits per heavy atom. The Morgan fingerprint density at radius 2 is 1.93 bits per heavy atom. The molecule has 1 heterocycles. The van der Waals surface area contributed by atoms with E-state index in [0.717, 1.165) is 22.4 Å². The van der Waals surface area contributed by atoms with Crippen molar-refractivity contribution < 1.29 is 18.8 Å². The topological polar surface area (TPSA) is 86.5 Å². The molecule has 3 aromatic rings. The predicted molar refractivity (Wildman–Crippen MR) is 109 cm³/mol. The summed E-state index contributed by atoms with van der Waals surface area (Å²) in [4.78, 5) is 16.9. The molecule has 0 radical (unpaired) electrons. The number of hydrogen-bond donors (Lipinski definition) is 1. The summed E-state index contributed by atoms with van der Waals surface area (Å²) < 4.78 is 16.3. The lowest BCUT2D eigenvalue weighted by molar-refractivity contribution is -0.128. The van der Waals surface area contributed by atoms with Crippen LogP contribution in [0.2, 0.25) is 0 Å². The van der Waals surface area contributed by atoms with Crippen LogP contribution in [0.15, 0.2) is 47.0 Å². The zero-order valence-corrected chi connectivity index (χ0v) is 17.1. The average Bonchev–Trinajstić information content (AvgIpc) is 3.20. The van der Waals surface area contributed by atoms with Gasteiger partial charge in [0.1, 0.15) is 11.5 Å². The minimum absolute atomic E-state index is 0.134. The Bertz CT molecular complexity index is 966. The van der Waals surface area contributed by atoms with Gasteiger partial charge in [-0.15, -0.1) is 0 Å². The Hall–Kier alpha value is -3.35. The standard InChI is InChI=1S/C22H25N3O4/c1-5-18(28-19-11-6-14(2)12-15(19)3)22(26)23-13-20-24-21(25-29-20)16-7-9-17(27-4)10-8-16/h6-12,18H,5,13H2,1-4H3,(H,23,26). The summed E-state index contributed by atoms with van der Waals surface area (Å²) in [7, 11) is 1.61. The number of nitrogens with zero attached hydrogens (tertiary/aromatic N) is 2. The average molecular weight is 395 g/mol. The molecule has 0 bridgehead atoms. The van der Waals surface area contributed by atoms with E-state index in [0.29, 0.717) is 23.9 Å². The van der Waals surface area contributed by atoms with Gasteiger partial charge in [-0.2, -0.15) is 4.98 Å². The van der Waals surface area contributed by atoms with Crippen LogP contribution in [0.25, 0.3) is 11.4 Å². The molecule has 1 amide bonds. The van der Waals surface area contributed by atoms with Gasteiger partial charge < -0.3 is 19.3 Å². The number of carbonyl (C=O) groups excluding carboxylic acids is 1. The maximum atomic E-state index is 12.5. The SMILES string of the molecule is CCC(Oc1ccc(C)cc1C)C(=O)NCc1nc(-c2ccc(OC)cc2)no1. The van der Waals surface area contributed by atoms with Crippen molar-refractivity contribution in [1.82, 2.24) is 15.5 Å². The molecule has 0 spiro atoms. The number of nitrogens with one attached hydrogen (secondary N) is 1. The van der Waals surface area contributed by atoms with Crippen LogP contribution in [0.1, 0.15) is 30.4 Å². The fourth-order valence-electron chi connectivity index (χ4n) is 2.87. The molecular formula is C22H25N3O4. The lowest BCUT2D eigenvalue weighted by Crippen LogP contribution is -2.37. The van der Waals surface area contributed by atoms with Crippen molar-refractivity contribution in [2.24, 2.45) is 0 Å². The first-order valence-corrected chi connectivity index (χ1v) is 9.48. The monoisotopic (exact) mass is 395 g/mol. The van der Waals surface area contributed by atoms with Crippen LogP contribution in [0.3, 0.4) is 0 Å². The molecule has 0 aliphatic carbocycles. The molecule has 1 unspecified atom stereocenters. The number of ether oxygens (including phenoxy) is 2. The summed E-state index contributed by atoms with van der Waals surface area (Å²) in [6.45, 7) is 6.02. The summed E-state index contributed by atoms with van der Waals surface area (Å²) in [5.74, 6) is 2.01. The van der Waals surface area contributed by atoms with Crippen LogP contribution in [0.5, 0.6) is 11.5 Å². The molecule has 0 aliphatic heterocycles. The predicted octanol–water partition coefficient (Wildman–Crippen LogP) is 3.84. The molecule has 0 aliphatic rings. The number of hydrogen-bond acceptors (Lipinski definition) is 6. The third-order valence-electron chi connectivity index (χ3n) is 4.49. The molecule has 1 N–H and O–H groups in total. The van der Waals surface area contributed by atoms with Crippen LogP contribution in [-0.2, 0) is 11.3 Å². The number of carbonyl (C=O) groups is 1. The Kier molecular flexibility index (Phi) is 6.49. The van der Waals surface area contributed by atoms with E-state index >= 15 is 0 Å². The molecule has 0 saturated carbocycles. The first-order valence-electron chi connectivity index (χ1n) is 9.48. The second-order valence-corrected chi connectivity index (χ2v) is 6.74. The molecule has 29 heavy (non-hydrogen) atoms. The number of amides is 1. The smallest absolute Gasteiger partial charge is 0.261 e. The first-order chi connectivity index (χ1) is 14.0. The van der Waals surface area contributed by atoms with E-state index in [1.807, 2.05) is 63.2 Å². The first kappa shape index (κ1) is 20.4. The van der Waals surface area contributed by atoms with Gasteiger partial charge in [-0.1, -0.05) is 29.8 Å². The summed E-state index contributed by atoms with van der Waals surface area (Å²) >= 11 is 0. The highest BCUT2D eigenvalue weighted by Gasteiger charge is 2.20. The number of aryl methyl sites for hydroxylation is 2. The number of aromatic nitrogens is 2. The highest BCUT2D eigenvalue weighted by Crippen LogP contribution is 2.21. The molecule has 2 aromatic carbocycles. The lowest BCUT2D eigenvalue weighted by Gasteiger charge is -2.18. The second-order valence-electron chi connectivity index (χ2n) is 6.74. The second kappa shape index (κ2) is 9.23. The summed E-state index contributed by atoms with van der Waals surface area (Å²) in [5, 5.41) is 6.77. The van der Waals surface area contributed by atoms with Crippen molar-refractivity contribution in [3.63, 3.8) is 0 Å². The summed E-state index contributed by atoms with van der Waals surface area (Å²) in [5.41, 5.74) is 2.95. The Labute approximate surface area is 170 Å². The number of benzene rings is 2. The van der Waals surface area contributed by atoms with Crippen LogP contribution < -0.4 is 14.8 Å². The van der Waals surface area contributed by atoms with E-state index in [1.54, 1.807) is 7.11 Å². The van der Waals surface area contributed by atoms with Gasteiger partial charge in [-0.3, -0.25) is 4.79 Å². The van der Waals surface area contributed by atoms with E-state index in [1.165, 1.54) is 0 Å². The van der Waals surface area contributed by atoms with Gasteiger partial charge in [0.25, 0.3) is 5.91 Å². The van der Waals surface area contributed by atoms with Gasteiger partial charge in [0.2, 0.25) is 11.7 Å². The minimum atomic E-state index is -0.597. The van der Waals surface area contributed by atoms with Gasteiger partial charge >= 0.3 is 0 Å². The molecule has 3 rings (SSSR count). The highest BCUT2D eigenvalue weighted by atomic mass is 16.5. The van der Waals surface area contributed by atoms with Crippen LogP contribution in [-0.4, -0.2) is 29.3 Å². The molecule has 1 atom stereocenters. The van der Waals surface area contributed by atoms with Crippen molar-refractivity contribution in [3.05, 3.63) is 59.5 Å². The zero-order valence-electron chi connectivity index (χ0n) is 17.1. The minimum Gasteiger partial charge on any atom is -0.497 e. The molecular weight excluding hydrogens is 370 g/mol. The van der Waals surface area contributed by atoms with Crippen molar-refractivity contribution in [2.45, 2.75) is 39.8 Å². The fraction of sp³-hybridized carbons (Fsp3) is 0.318. The van der Waals surface area contributed by atoms with Crippen molar-refractivity contribution >= 4 is 5.91 Å². The van der Waals surface area contributed by atoms with Gasteiger partial charge in [-0.25, -0.2) is 0 Å². The normalized spacial score (nSPS) is 11.7. The highest BCUT2D eigenvalue weighted by molar-refractivity contribution is 5.81. The molecule has 152 valence electrons. The van der Waals surface area contributed by atoms with Crippen LogP contribution >= 0.6 is 0 Å². The van der Waals surface area contributed by atoms with Gasteiger partial charge in [0.05, 0.1) is 13.7 Å². The van der Waals surface area contributed by atoms with Crippen molar-refractivity contribution in [3.8, 4) is 22.9 Å². The van der Waals surface area contributed by atoms with E-state index in [9.17, 15) is 4.79 Å². The Morgan fingerprint density at radius 1 is 1.17 bits per heavy atom. The fourth-order valence-corrected chi connectivity index (χ4v) is 2.87. The summed E-state index contributed by atoms with van der Waals surface area (Å²) in [6, 6.07) is 13.2. The lowest BCUT2D eigenvalue weighted by atomic mass is 10.1. The Balaban J connectivity index is 1.59. The van der Waals surface area contributed by atoms with Crippen LogP contribution in [0, 0.1) is 13.8 Å². The largest absolute Gasteiger partial charge is 0.497 e. The molecule has 0 saturated heterocycles. The molecule has 7 nitrogen and oxygen atoms in total. The van der Waals surface area contributed by atoms with Gasteiger partial charge in [0, 0.05) is 5.56 Å². The number of methoxy groups -OCH3 is 1. The zero-order chi connectivity index (χ0) is 20.8. The molecule has 7 heteroatoms. The quantitative estimate of drug-likeness (QED) is 0.624. The molecule has 0 fully saturated rings. The van der Waals surface area contributed by atoms with E-state index < -0.39 is 6.10 Å². The van der Waals surface area contributed by atoms with E-state index in [-0.39, 0.29) is 12.5 Å². The number of rotatable bonds is 8. The van der Waals surface area contributed by atoms with E-state index in [2.05, 4.69) is 15.5 Å². The van der Waals surface area contributed by atoms with Crippen molar-refractivity contribution in [1.29, 1.82) is 0 Å². The molecule has 1 aromatic heterocycles. The third kappa shape index (κ3) is 5.13. The maximum absolute atomic E-state index is 12.5.